The van der Waals surface area contributed by atoms with Crippen LogP contribution in [0.4, 0.5) is 5.82 Å². The van der Waals surface area contributed by atoms with E-state index in [1.54, 1.807) is 11.3 Å². The monoisotopic (exact) mass is 415 g/mol. The van der Waals surface area contributed by atoms with Gasteiger partial charge in [0, 0.05) is 24.0 Å². The van der Waals surface area contributed by atoms with Crippen LogP contribution in [0.25, 0.3) is 21.3 Å². The van der Waals surface area contributed by atoms with Gasteiger partial charge < -0.3 is 10.0 Å². The summed E-state index contributed by atoms with van der Waals surface area (Å²) in [5, 5.41) is 12.7. The summed E-state index contributed by atoms with van der Waals surface area (Å²) < 4.78 is 0. The second kappa shape index (κ2) is 7.68. The summed E-state index contributed by atoms with van der Waals surface area (Å²) in [5.74, 6) is 0.0817. The first kappa shape index (κ1) is 19.2. The van der Waals surface area contributed by atoms with E-state index in [-0.39, 0.29) is 11.2 Å². The molecule has 1 atom stereocenters. The van der Waals surface area contributed by atoms with Crippen molar-refractivity contribution in [1.82, 2.24) is 9.97 Å². The third-order valence-electron chi connectivity index (χ3n) is 5.35. The smallest absolute Gasteiger partial charge is 0.308 e. The van der Waals surface area contributed by atoms with Crippen molar-refractivity contribution in [3.63, 3.8) is 0 Å². The maximum absolute atomic E-state index is 11.5. The molecular formula is C21H22ClN3O2S. The normalized spacial score (nSPS) is 17.4. The summed E-state index contributed by atoms with van der Waals surface area (Å²) in [6, 6.07) is 8.57. The minimum Gasteiger partial charge on any atom is -0.481 e. The summed E-state index contributed by atoms with van der Waals surface area (Å²) in [4.78, 5) is 23.3. The fraction of sp³-hybridized carbons (Fsp3) is 0.381. The summed E-state index contributed by atoms with van der Waals surface area (Å²) in [7, 11) is 0. The van der Waals surface area contributed by atoms with Gasteiger partial charge in [0.15, 0.2) is 0 Å². The summed E-state index contributed by atoms with van der Waals surface area (Å²) >= 11 is 7.73. The second-order valence-corrected chi connectivity index (χ2v) is 8.74. The summed E-state index contributed by atoms with van der Waals surface area (Å²) in [6.45, 7) is 5.57. The van der Waals surface area contributed by atoms with Crippen molar-refractivity contribution in [3.05, 3.63) is 40.5 Å². The Bertz CT molecular complexity index is 1020. The van der Waals surface area contributed by atoms with Crippen molar-refractivity contribution >= 4 is 44.9 Å². The number of benzene rings is 1. The van der Waals surface area contributed by atoms with E-state index in [1.807, 2.05) is 0 Å². The van der Waals surface area contributed by atoms with Crippen molar-refractivity contribution in [1.29, 1.82) is 0 Å². The lowest BCUT2D eigenvalue weighted by Gasteiger charge is -2.32. The van der Waals surface area contributed by atoms with Gasteiger partial charge in [0.2, 0.25) is 5.28 Å². The van der Waals surface area contributed by atoms with Crippen molar-refractivity contribution in [3.8, 4) is 11.1 Å². The first-order valence-electron chi connectivity index (χ1n) is 9.47. The Kier molecular flexibility index (Phi) is 5.25. The number of hydrogen-bond acceptors (Lipinski definition) is 5. The van der Waals surface area contributed by atoms with Crippen LogP contribution < -0.4 is 4.90 Å². The number of anilines is 1. The molecule has 5 nitrogen and oxygen atoms in total. The lowest BCUT2D eigenvalue weighted by Crippen LogP contribution is -2.39. The average Bonchev–Trinajstić information content (AvgIpc) is 3.11. The van der Waals surface area contributed by atoms with E-state index in [1.165, 1.54) is 5.56 Å². The molecule has 1 aromatic carbocycles. The van der Waals surface area contributed by atoms with Crippen LogP contribution in [0.15, 0.2) is 29.6 Å². The lowest BCUT2D eigenvalue weighted by molar-refractivity contribution is -0.141. The van der Waals surface area contributed by atoms with Crippen LogP contribution in [0.3, 0.4) is 0 Å². The SMILES string of the molecule is CC(C)c1ccc(-c2csc3nc(Cl)nc(N4CCCC(C(=O)O)C4)c23)cc1. The molecule has 0 aliphatic carbocycles. The average molecular weight is 416 g/mol. The molecule has 1 fully saturated rings. The number of aliphatic carboxylic acids is 1. The van der Waals surface area contributed by atoms with Gasteiger partial charge in [-0.25, -0.2) is 4.98 Å². The Morgan fingerprint density at radius 3 is 2.71 bits per heavy atom. The number of rotatable bonds is 4. The van der Waals surface area contributed by atoms with Crippen molar-refractivity contribution in [2.24, 2.45) is 5.92 Å². The quantitative estimate of drug-likeness (QED) is 0.575. The molecule has 0 radical (unpaired) electrons. The first-order chi connectivity index (χ1) is 13.4. The number of nitrogens with zero attached hydrogens (tertiary/aromatic N) is 3. The number of fused-ring (bicyclic) bond motifs is 1. The van der Waals surface area contributed by atoms with E-state index in [9.17, 15) is 9.90 Å². The van der Waals surface area contributed by atoms with Crippen LogP contribution in [0.5, 0.6) is 0 Å². The minimum absolute atomic E-state index is 0.198. The zero-order valence-corrected chi connectivity index (χ0v) is 17.4. The number of hydrogen-bond donors (Lipinski definition) is 1. The predicted octanol–water partition coefficient (Wildman–Crippen LogP) is 5.44. The lowest BCUT2D eigenvalue weighted by atomic mass is 9.97. The molecule has 0 saturated carbocycles. The van der Waals surface area contributed by atoms with Gasteiger partial charge in [0.1, 0.15) is 10.6 Å². The molecule has 2 aromatic heterocycles. The van der Waals surface area contributed by atoms with Gasteiger partial charge in [0.25, 0.3) is 0 Å². The number of halogens is 1. The third-order valence-corrected chi connectivity index (χ3v) is 6.39. The molecular weight excluding hydrogens is 394 g/mol. The Hall–Kier alpha value is -2.18. The fourth-order valence-corrected chi connectivity index (χ4v) is 4.91. The summed E-state index contributed by atoms with van der Waals surface area (Å²) in [6.07, 6.45) is 1.52. The number of carbonyl (C=O) groups is 1. The molecule has 1 N–H and O–H groups in total. The Morgan fingerprint density at radius 2 is 2.04 bits per heavy atom. The molecule has 0 amide bonds. The third kappa shape index (κ3) is 3.59. The van der Waals surface area contributed by atoms with Crippen molar-refractivity contribution in [2.75, 3.05) is 18.0 Å². The number of piperidine rings is 1. The zero-order chi connectivity index (χ0) is 19.8. The summed E-state index contributed by atoms with van der Waals surface area (Å²) in [5.41, 5.74) is 3.47. The zero-order valence-electron chi connectivity index (χ0n) is 15.9. The molecule has 28 heavy (non-hydrogen) atoms. The maximum Gasteiger partial charge on any atom is 0.308 e. The number of carboxylic acid groups (broad SMARTS) is 1. The van der Waals surface area contributed by atoms with Crippen LogP contribution in [-0.4, -0.2) is 34.1 Å². The highest BCUT2D eigenvalue weighted by molar-refractivity contribution is 7.17. The fourth-order valence-electron chi connectivity index (χ4n) is 3.76. The van der Waals surface area contributed by atoms with E-state index >= 15 is 0 Å². The van der Waals surface area contributed by atoms with Gasteiger partial charge in [-0.05, 0) is 41.5 Å². The van der Waals surface area contributed by atoms with E-state index in [2.05, 4.69) is 58.4 Å². The molecule has 7 heteroatoms. The first-order valence-corrected chi connectivity index (χ1v) is 10.7. The van der Waals surface area contributed by atoms with Crippen LogP contribution in [0, 0.1) is 5.92 Å². The molecule has 1 saturated heterocycles. The molecule has 4 rings (SSSR count). The highest BCUT2D eigenvalue weighted by Gasteiger charge is 2.28. The van der Waals surface area contributed by atoms with Crippen LogP contribution in [0.2, 0.25) is 5.28 Å². The molecule has 3 aromatic rings. The van der Waals surface area contributed by atoms with E-state index in [0.29, 0.717) is 18.9 Å². The minimum atomic E-state index is -0.754. The number of aromatic nitrogens is 2. The van der Waals surface area contributed by atoms with Crippen molar-refractivity contribution < 1.29 is 9.90 Å². The highest BCUT2D eigenvalue weighted by Crippen LogP contribution is 2.40. The van der Waals surface area contributed by atoms with Crippen molar-refractivity contribution in [2.45, 2.75) is 32.6 Å². The van der Waals surface area contributed by atoms with Gasteiger partial charge in [-0.3, -0.25) is 4.79 Å². The molecule has 1 unspecified atom stereocenters. The molecule has 1 aliphatic heterocycles. The Morgan fingerprint density at radius 1 is 1.29 bits per heavy atom. The maximum atomic E-state index is 11.5. The van der Waals surface area contributed by atoms with E-state index < -0.39 is 5.97 Å². The van der Waals surface area contributed by atoms with Crippen LogP contribution in [0.1, 0.15) is 38.2 Å². The standard InChI is InChI=1S/C21H22ClN3O2S/c1-12(2)13-5-7-14(8-6-13)16-11-28-19-17(16)18(23-21(22)24-19)25-9-3-4-15(10-25)20(26)27/h5-8,11-12,15H,3-4,9-10H2,1-2H3,(H,26,27). The Labute approximate surface area is 173 Å². The highest BCUT2D eigenvalue weighted by atomic mass is 35.5. The molecule has 1 aliphatic rings. The van der Waals surface area contributed by atoms with E-state index in [4.69, 9.17) is 11.6 Å². The van der Waals surface area contributed by atoms with Gasteiger partial charge in [-0.15, -0.1) is 11.3 Å². The van der Waals surface area contributed by atoms with Gasteiger partial charge >= 0.3 is 5.97 Å². The number of carboxylic acids is 1. The van der Waals surface area contributed by atoms with Gasteiger partial charge in [-0.1, -0.05) is 38.1 Å². The van der Waals surface area contributed by atoms with E-state index in [0.717, 1.165) is 40.1 Å². The molecule has 0 bridgehead atoms. The molecule has 0 spiro atoms. The molecule has 146 valence electrons. The van der Waals surface area contributed by atoms with Crippen LogP contribution >= 0.6 is 22.9 Å². The Balaban J connectivity index is 1.80. The number of thiophene rings is 1. The largest absolute Gasteiger partial charge is 0.481 e. The molecule has 3 heterocycles. The van der Waals surface area contributed by atoms with Crippen LogP contribution in [-0.2, 0) is 4.79 Å². The topological polar surface area (TPSA) is 66.3 Å². The predicted molar refractivity (Wildman–Crippen MR) is 115 cm³/mol. The van der Waals surface area contributed by atoms with Gasteiger partial charge in [-0.2, -0.15) is 4.98 Å². The van der Waals surface area contributed by atoms with Gasteiger partial charge in [0.05, 0.1) is 11.3 Å². The second-order valence-electron chi connectivity index (χ2n) is 7.55.